The number of hydrogen-bond acceptors (Lipinski definition) is 4. The van der Waals surface area contributed by atoms with Crippen LogP contribution in [0.5, 0.6) is 0 Å². The molecule has 0 heterocycles. The van der Waals surface area contributed by atoms with Gasteiger partial charge in [0.1, 0.15) is 0 Å². The van der Waals surface area contributed by atoms with Gasteiger partial charge in [0.05, 0.1) is 4.90 Å². The van der Waals surface area contributed by atoms with Gasteiger partial charge >= 0.3 is 0 Å². The van der Waals surface area contributed by atoms with Gasteiger partial charge in [0, 0.05) is 46.0 Å². The number of nitrogens with one attached hydrogen (secondary N) is 1. The summed E-state index contributed by atoms with van der Waals surface area (Å²) >= 11 is 0. The van der Waals surface area contributed by atoms with Gasteiger partial charge in [-0.25, -0.2) is 12.7 Å². The molecule has 0 saturated heterocycles. The summed E-state index contributed by atoms with van der Waals surface area (Å²) in [6, 6.07) is 13.9. The van der Waals surface area contributed by atoms with Gasteiger partial charge in [-0.05, 0) is 35.9 Å². The van der Waals surface area contributed by atoms with Gasteiger partial charge in [-0.3, -0.25) is 4.79 Å². The lowest BCUT2D eigenvalue weighted by Gasteiger charge is -2.14. The summed E-state index contributed by atoms with van der Waals surface area (Å²) in [6.45, 7) is 0.366. The molecule has 0 spiro atoms. The highest BCUT2D eigenvalue weighted by Gasteiger charge is 2.18. The van der Waals surface area contributed by atoms with Crippen LogP contribution in [0.1, 0.15) is 15.9 Å². The van der Waals surface area contributed by atoms with Crippen molar-refractivity contribution in [2.75, 3.05) is 33.1 Å². The third-order valence-electron chi connectivity index (χ3n) is 3.75. The van der Waals surface area contributed by atoms with Crippen molar-refractivity contribution in [1.29, 1.82) is 0 Å². The minimum atomic E-state index is -3.57. The quantitative estimate of drug-likeness (QED) is 0.854. The molecule has 1 N–H and O–H groups in total. The van der Waals surface area contributed by atoms with Gasteiger partial charge in [-0.15, -0.1) is 0 Å². The van der Waals surface area contributed by atoms with E-state index in [1.165, 1.54) is 26.2 Å². The minimum Gasteiger partial charge on any atom is -0.378 e. The molecule has 0 aliphatic heterocycles. The first kappa shape index (κ1) is 19.0. The topological polar surface area (TPSA) is 69.7 Å². The summed E-state index contributed by atoms with van der Waals surface area (Å²) in [6.07, 6.45) is 0. The molecule has 0 radical (unpaired) electrons. The third-order valence-corrected chi connectivity index (χ3v) is 5.57. The number of hydrogen-bond donors (Lipinski definition) is 1. The molecule has 25 heavy (non-hydrogen) atoms. The van der Waals surface area contributed by atoms with Gasteiger partial charge in [-0.2, -0.15) is 0 Å². The zero-order valence-electron chi connectivity index (χ0n) is 14.9. The number of rotatable bonds is 6. The fraction of sp³-hybridized carbons (Fsp3) is 0.278. The molecule has 0 unspecified atom stereocenters. The number of benzene rings is 2. The van der Waals surface area contributed by atoms with Crippen LogP contribution >= 0.6 is 0 Å². The van der Waals surface area contributed by atoms with E-state index in [0.29, 0.717) is 12.1 Å². The Morgan fingerprint density at radius 3 is 2.32 bits per heavy atom. The van der Waals surface area contributed by atoms with Gasteiger partial charge in [0.2, 0.25) is 10.0 Å². The van der Waals surface area contributed by atoms with Crippen LogP contribution in [0.3, 0.4) is 0 Å². The monoisotopic (exact) mass is 361 g/mol. The maximum Gasteiger partial charge on any atom is 0.251 e. The average molecular weight is 361 g/mol. The lowest BCUT2D eigenvalue weighted by Crippen LogP contribution is -2.25. The normalized spacial score (nSPS) is 11.4. The average Bonchev–Trinajstić information content (AvgIpc) is 2.59. The summed E-state index contributed by atoms with van der Waals surface area (Å²) in [5.41, 5.74) is 2.33. The summed E-state index contributed by atoms with van der Waals surface area (Å²) < 4.78 is 25.5. The van der Waals surface area contributed by atoms with Crippen molar-refractivity contribution in [2.24, 2.45) is 0 Å². The molecule has 0 aromatic heterocycles. The van der Waals surface area contributed by atoms with Crippen molar-refractivity contribution in [2.45, 2.75) is 11.4 Å². The maximum atomic E-state index is 12.4. The van der Waals surface area contributed by atoms with E-state index in [4.69, 9.17) is 0 Å². The minimum absolute atomic E-state index is 0.0970. The summed E-state index contributed by atoms with van der Waals surface area (Å²) in [5.74, 6) is -0.314. The van der Waals surface area contributed by atoms with Gasteiger partial charge in [0.25, 0.3) is 5.91 Å². The van der Waals surface area contributed by atoms with E-state index in [0.717, 1.165) is 15.6 Å². The molecule has 7 heteroatoms. The van der Waals surface area contributed by atoms with Crippen LogP contribution in [0.25, 0.3) is 0 Å². The molecule has 2 aromatic carbocycles. The largest absolute Gasteiger partial charge is 0.378 e. The van der Waals surface area contributed by atoms with Crippen molar-refractivity contribution in [3.8, 4) is 0 Å². The van der Waals surface area contributed by atoms with E-state index in [2.05, 4.69) is 5.32 Å². The van der Waals surface area contributed by atoms with E-state index in [9.17, 15) is 13.2 Å². The molecule has 0 saturated carbocycles. The number of sulfonamides is 1. The predicted molar refractivity (Wildman–Crippen MR) is 99.3 cm³/mol. The predicted octanol–water partition coefficient (Wildman–Crippen LogP) is 1.93. The highest BCUT2D eigenvalue weighted by atomic mass is 32.2. The van der Waals surface area contributed by atoms with Crippen LogP contribution in [0.2, 0.25) is 0 Å². The second-order valence-electron chi connectivity index (χ2n) is 6.06. The zero-order chi connectivity index (χ0) is 18.6. The smallest absolute Gasteiger partial charge is 0.251 e. The van der Waals surface area contributed by atoms with E-state index < -0.39 is 10.0 Å². The van der Waals surface area contributed by atoms with Crippen LogP contribution in [-0.4, -0.2) is 46.8 Å². The second kappa shape index (κ2) is 7.67. The van der Waals surface area contributed by atoms with Crippen molar-refractivity contribution >= 4 is 21.6 Å². The molecule has 0 aliphatic carbocycles. The van der Waals surface area contributed by atoms with Crippen molar-refractivity contribution < 1.29 is 13.2 Å². The highest BCUT2D eigenvalue weighted by Crippen LogP contribution is 2.16. The SMILES string of the molecule is CN(C)c1cccc(CNC(=O)c2cccc(S(=O)(=O)N(C)C)c2)c1. The molecule has 1 amide bonds. The first-order valence-electron chi connectivity index (χ1n) is 7.79. The van der Waals surface area contributed by atoms with Crippen LogP contribution < -0.4 is 10.2 Å². The lowest BCUT2D eigenvalue weighted by atomic mass is 10.1. The Morgan fingerprint density at radius 2 is 1.68 bits per heavy atom. The molecular weight excluding hydrogens is 338 g/mol. The van der Waals surface area contributed by atoms with Crippen LogP contribution in [0.15, 0.2) is 53.4 Å². The summed E-state index contributed by atoms with van der Waals surface area (Å²) in [5, 5.41) is 2.82. The van der Waals surface area contributed by atoms with Crippen molar-refractivity contribution in [1.82, 2.24) is 9.62 Å². The van der Waals surface area contributed by atoms with Gasteiger partial charge in [0.15, 0.2) is 0 Å². The number of carbonyl (C=O) groups is 1. The summed E-state index contributed by atoms with van der Waals surface area (Å²) in [4.78, 5) is 14.4. The molecule has 2 aromatic rings. The highest BCUT2D eigenvalue weighted by molar-refractivity contribution is 7.89. The fourth-order valence-electron chi connectivity index (χ4n) is 2.24. The van der Waals surface area contributed by atoms with Crippen LogP contribution in [0.4, 0.5) is 5.69 Å². The van der Waals surface area contributed by atoms with Crippen LogP contribution in [-0.2, 0) is 16.6 Å². The van der Waals surface area contributed by atoms with E-state index in [1.54, 1.807) is 12.1 Å². The molecule has 0 bridgehead atoms. The van der Waals surface area contributed by atoms with Gasteiger partial charge < -0.3 is 10.2 Å². The molecule has 0 aliphatic rings. The van der Waals surface area contributed by atoms with E-state index in [-0.39, 0.29) is 10.8 Å². The van der Waals surface area contributed by atoms with Gasteiger partial charge in [-0.1, -0.05) is 18.2 Å². The molecule has 6 nitrogen and oxygen atoms in total. The second-order valence-corrected chi connectivity index (χ2v) is 8.21. The first-order valence-corrected chi connectivity index (χ1v) is 9.23. The Labute approximate surface area is 149 Å². The molecular formula is C18H23N3O3S. The number of amides is 1. The number of anilines is 1. The maximum absolute atomic E-state index is 12.4. The fourth-order valence-corrected chi connectivity index (χ4v) is 3.19. The Bertz CT molecular complexity index is 861. The Hall–Kier alpha value is -2.38. The number of carbonyl (C=O) groups excluding carboxylic acids is 1. The molecule has 134 valence electrons. The Kier molecular flexibility index (Phi) is 5.81. The molecule has 0 fully saturated rings. The molecule has 2 rings (SSSR count). The third kappa shape index (κ3) is 4.58. The summed E-state index contributed by atoms with van der Waals surface area (Å²) in [7, 11) is 3.25. The van der Waals surface area contributed by atoms with Crippen LogP contribution in [0, 0.1) is 0 Å². The lowest BCUT2D eigenvalue weighted by molar-refractivity contribution is 0.0950. The molecule has 0 atom stereocenters. The van der Waals surface area contributed by atoms with E-state index in [1.807, 2.05) is 43.3 Å². The number of nitrogens with zero attached hydrogens (tertiary/aromatic N) is 2. The standard InChI is InChI=1S/C18H23N3O3S/c1-20(2)16-9-5-7-14(11-16)13-19-18(22)15-8-6-10-17(12-15)25(23,24)21(3)4/h5-12H,13H2,1-4H3,(H,19,22). The van der Waals surface area contributed by atoms with Crippen molar-refractivity contribution in [3.63, 3.8) is 0 Å². The Balaban J connectivity index is 2.13. The van der Waals surface area contributed by atoms with E-state index >= 15 is 0 Å². The first-order chi connectivity index (χ1) is 11.7. The van der Waals surface area contributed by atoms with Crippen molar-refractivity contribution in [3.05, 3.63) is 59.7 Å². The Morgan fingerprint density at radius 1 is 1.00 bits per heavy atom. The zero-order valence-corrected chi connectivity index (χ0v) is 15.7.